The number of amides is 1. The van der Waals surface area contributed by atoms with Gasteiger partial charge in [0.15, 0.2) is 11.8 Å². The summed E-state index contributed by atoms with van der Waals surface area (Å²) in [5.74, 6) is 0.521. The predicted molar refractivity (Wildman–Crippen MR) is 116 cm³/mol. The second-order valence-electron chi connectivity index (χ2n) is 7.78. The van der Waals surface area contributed by atoms with Gasteiger partial charge in [0.2, 0.25) is 5.13 Å². The van der Waals surface area contributed by atoms with E-state index in [1.807, 2.05) is 0 Å². The number of rotatable bonds is 6. The highest BCUT2D eigenvalue weighted by Crippen LogP contribution is 2.41. The highest BCUT2D eigenvalue weighted by atomic mass is 35.5. The Kier molecular flexibility index (Phi) is 6.49. The number of piperidine rings is 2. The fourth-order valence-electron chi connectivity index (χ4n) is 4.51. The smallest absolute Gasteiger partial charge is 0.407 e. The van der Waals surface area contributed by atoms with Crippen molar-refractivity contribution >= 4 is 34.2 Å². The van der Waals surface area contributed by atoms with E-state index in [0.29, 0.717) is 39.3 Å². The molecule has 0 unspecified atom stereocenters. The van der Waals surface area contributed by atoms with E-state index in [0.717, 1.165) is 12.8 Å². The van der Waals surface area contributed by atoms with Crippen LogP contribution in [0.15, 0.2) is 18.2 Å². The lowest BCUT2D eigenvalue weighted by Gasteiger charge is -2.50. The van der Waals surface area contributed by atoms with Crippen LogP contribution < -0.4 is 9.64 Å². The minimum Gasteiger partial charge on any atom is -0.467 e. The maximum atomic E-state index is 15.4. The highest BCUT2D eigenvalue weighted by molar-refractivity contribution is 7.18. The van der Waals surface area contributed by atoms with Gasteiger partial charge in [0.25, 0.3) is 0 Å². The summed E-state index contributed by atoms with van der Waals surface area (Å²) in [5, 5.41) is 19.8. The molecule has 168 valence electrons. The quantitative estimate of drug-likeness (QED) is 0.630. The van der Waals surface area contributed by atoms with Gasteiger partial charge < -0.3 is 19.5 Å². The Bertz CT molecular complexity index is 948. The van der Waals surface area contributed by atoms with Crippen molar-refractivity contribution in [2.24, 2.45) is 0 Å². The first-order chi connectivity index (χ1) is 14.9. The van der Waals surface area contributed by atoms with Gasteiger partial charge in [-0.2, -0.15) is 0 Å². The van der Waals surface area contributed by atoms with E-state index in [1.165, 1.54) is 23.3 Å². The summed E-state index contributed by atoms with van der Waals surface area (Å²) in [7, 11) is 3.32. The molecular weight excluding hydrogens is 447 g/mol. The Morgan fingerprint density at radius 1 is 1.42 bits per heavy atom. The van der Waals surface area contributed by atoms with Crippen molar-refractivity contribution in [1.29, 1.82) is 0 Å². The number of hydrogen-bond donors (Lipinski definition) is 1. The molecule has 1 N–H and O–H groups in total. The number of anilines is 1. The Balaban J connectivity index is 1.57. The molecule has 11 heteroatoms. The topological polar surface area (TPSA) is 88.0 Å². The van der Waals surface area contributed by atoms with Crippen LogP contribution >= 0.6 is 22.9 Å². The zero-order valence-corrected chi connectivity index (χ0v) is 18.8. The number of alkyl halides is 1. The van der Waals surface area contributed by atoms with Crippen molar-refractivity contribution < 1.29 is 23.8 Å². The van der Waals surface area contributed by atoms with Gasteiger partial charge in [-0.05, 0) is 43.9 Å². The lowest BCUT2D eigenvalue weighted by Crippen LogP contribution is -2.64. The Hall–Kier alpha value is -2.17. The maximum absolute atomic E-state index is 15.4. The van der Waals surface area contributed by atoms with E-state index in [9.17, 15) is 9.90 Å². The maximum Gasteiger partial charge on any atom is 0.407 e. The first kappa shape index (κ1) is 22.0. The van der Waals surface area contributed by atoms with E-state index in [-0.39, 0.29) is 12.8 Å². The Labute approximate surface area is 188 Å². The van der Waals surface area contributed by atoms with Gasteiger partial charge in [0, 0.05) is 25.2 Å². The molecule has 2 aromatic rings. The molecule has 4 atom stereocenters. The zero-order valence-electron chi connectivity index (χ0n) is 17.2. The second kappa shape index (κ2) is 9.13. The summed E-state index contributed by atoms with van der Waals surface area (Å²) in [4.78, 5) is 14.8. The number of nitrogens with zero attached hydrogens (tertiary/aromatic N) is 4. The summed E-state index contributed by atoms with van der Waals surface area (Å²) in [6, 6.07) is 3.97. The number of carbonyl (C=O) groups is 1. The van der Waals surface area contributed by atoms with Crippen LogP contribution in [-0.2, 0) is 4.74 Å². The largest absolute Gasteiger partial charge is 0.467 e. The summed E-state index contributed by atoms with van der Waals surface area (Å²) < 4.78 is 26.0. The van der Waals surface area contributed by atoms with E-state index in [1.54, 1.807) is 30.1 Å². The van der Waals surface area contributed by atoms with E-state index in [2.05, 4.69) is 10.2 Å². The third-order valence-corrected chi connectivity index (χ3v) is 7.26. The van der Waals surface area contributed by atoms with Crippen molar-refractivity contribution in [3.8, 4) is 16.3 Å². The first-order valence-electron chi connectivity index (χ1n) is 10.0. The minimum atomic E-state index is -1.29. The highest BCUT2D eigenvalue weighted by Gasteiger charge is 2.49. The number of halogens is 2. The van der Waals surface area contributed by atoms with Gasteiger partial charge >= 0.3 is 6.09 Å². The number of ether oxygens (including phenoxy) is 2. The monoisotopic (exact) mass is 470 g/mol. The van der Waals surface area contributed by atoms with Gasteiger partial charge in [-0.3, -0.25) is 4.90 Å². The van der Waals surface area contributed by atoms with Crippen molar-refractivity contribution in [3.05, 3.63) is 23.2 Å². The third-order valence-electron chi connectivity index (χ3n) is 5.98. The van der Waals surface area contributed by atoms with Crippen LogP contribution in [0.4, 0.5) is 14.3 Å². The third kappa shape index (κ3) is 4.28. The molecule has 0 aliphatic carbocycles. The van der Waals surface area contributed by atoms with Crippen molar-refractivity contribution in [2.45, 2.75) is 50.0 Å². The second-order valence-corrected chi connectivity index (χ2v) is 9.17. The summed E-state index contributed by atoms with van der Waals surface area (Å²) in [6.45, 7) is 0.0629. The van der Waals surface area contributed by atoms with Crippen LogP contribution in [0.3, 0.4) is 0 Å². The number of methoxy groups -OCH3 is 1. The Morgan fingerprint density at radius 3 is 2.97 bits per heavy atom. The van der Waals surface area contributed by atoms with Crippen LogP contribution in [0.2, 0.25) is 5.02 Å². The number of fused-ring (bicyclic) bond motifs is 2. The van der Waals surface area contributed by atoms with Gasteiger partial charge in [-0.25, -0.2) is 9.18 Å². The summed E-state index contributed by atoms with van der Waals surface area (Å²) in [5.41, 5.74) is 0.716. The molecule has 2 bridgehead atoms. The molecule has 1 amide bonds. The molecule has 1 aromatic heterocycles. The SMILES string of the molecule is COCOc1cc(Cl)ccc1-c1nnc(N(C)[C@H]2C[C@@H]3CCC[C@H]([C@H]2F)N3C(=O)O)s1. The fraction of sp³-hybridized carbons (Fsp3) is 0.550. The van der Waals surface area contributed by atoms with Gasteiger partial charge in [0.1, 0.15) is 11.9 Å². The average Bonchev–Trinajstić information content (AvgIpc) is 3.24. The lowest BCUT2D eigenvalue weighted by molar-refractivity contribution is -0.0126. The van der Waals surface area contributed by atoms with Gasteiger partial charge in [-0.15, -0.1) is 10.2 Å². The van der Waals surface area contributed by atoms with Crippen molar-refractivity contribution in [3.63, 3.8) is 0 Å². The van der Waals surface area contributed by atoms with Gasteiger partial charge in [0.05, 0.1) is 17.6 Å². The van der Waals surface area contributed by atoms with Crippen LogP contribution in [0.5, 0.6) is 5.75 Å². The van der Waals surface area contributed by atoms with E-state index >= 15 is 4.39 Å². The Morgan fingerprint density at radius 2 is 2.23 bits per heavy atom. The number of carboxylic acid groups (broad SMARTS) is 1. The molecule has 2 aliphatic rings. The first-order valence-corrected chi connectivity index (χ1v) is 11.2. The van der Waals surface area contributed by atoms with Crippen LogP contribution in [0.25, 0.3) is 10.6 Å². The fourth-order valence-corrected chi connectivity index (χ4v) is 5.57. The molecule has 4 rings (SSSR count). The summed E-state index contributed by atoms with van der Waals surface area (Å²) in [6.07, 6.45) is 0.245. The van der Waals surface area contributed by atoms with E-state index in [4.69, 9.17) is 21.1 Å². The molecule has 2 saturated heterocycles. The molecule has 0 saturated carbocycles. The molecular formula is C20H24ClFN4O4S. The predicted octanol–water partition coefficient (Wildman–Crippen LogP) is 4.29. The number of aromatic nitrogens is 2. The molecule has 2 fully saturated rings. The molecule has 3 heterocycles. The molecule has 0 radical (unpaired) electrons. The molecule has 8 nitrogen and oxygen atoms in total. The number of hydrogen-bond acceptors (Lipinski definition) is 7. The van der Waals surface area contributed by atoms with Crippen molar-refractivity contribution in [2.75, 3.05) is 25.9 Å². The van der Waals surface area contributed by atoms with Crippen LogP contribution in [-0.4, -0.2) is 71.5 Å². The standard InChI is InChI=1S/C20H24ClFN4O4S/c1-25(15-9-12-4-3-5-14(17(15)22)26(12)20(27)28)19-24-23-18(31-19)13-7-6-11(21)8-16(13)30-10-29-2/h6-8,12,14-15,17H,3-5,9-10H2,1-2H3,(H,27,28)/t12-,14+,15-,17+/m0/s1. The minimum absolute atomic E-state index is 0.0629. The molecule has 2 aliphatic heterocycles. The van der Waals surface area contributed by atoms with E-state index < -0.39 is 24.3 Å². The molecule has 31 heavy (non-hydrogen) atoms. The van der Waals surface area contributed by atoms with Crippen LogP contribution in [0.1, 0.15) is 25.7 Å². The number of benzene rings is 1. The van der Waals surface area contributed by atoms with Gasteiger partial charge in [-0.1, -0.05) is 22.9 Å². The normalized spacial score (nSPS) is 25.4. The molecule has 1 aromatic carbocycles. The summed E-state index contributed by atoms with van der Waals surface area (Å²) >= 11 is 7.41. The van der Waals surface area contributed by atoms with Crippen LogP contribution in [0, 0.1) is 0 Å². The molecule has 0 spiro atoms. The average molecular weight is 471 g/mol. The van der Waals surface area contributed by atoms with Crippen molar-refractivity contribution in [1.82, 2.24) is 15.1 Å². The lowest BCUT2D eigenvalue weighted by atomic mass is 9.80. The zero-order chi connectivity index (χ0) is 22.1.